The number of halogens is 3. The van der Waals surface area contributed by atoms with E-state index in [0.29, 0.717) is 29.7 Å². The molecule has 4 aromatic rings. The number of hydrogen-bond acceptors (Lipinski definition) is 4. The summed E-state index contributed by atoms with van der Waals surface area (Å²) in [5.41, 5.74) is 3.83. The highest BCUT2D eigenvalue weighted by molar-refractivity contribution is 6.32. The van der Waals surface area contributed by atoms with Gasteiger partial charge in [0.25, 0.3) is 0 Å². The third kappa shape index (κ3) is 5.55. The van der Waals surface area contributed by atoms with Crippen LogP contribution in [-0.4, -0.2) is 16.6 Å². The van der Waals surface area contributed by atoms with Gasteiger partial charge in [0.05, 0.1) is 22.7 Å². The first kappa shape index (κ1) is 23.5. The maximum Gasteiger partial charge on any atom is 0.323 e. The Morgan fingerprint density at radius 3 is 2.47 bits per heavy atom. The molecule has 0 spiro atoms. The molecule has 1 heterocycles. The summed E-state index contributed by atoms with van der Waals surface area (Å²) < 4.78 is 24.7. The highest BCUT2D eigenvalue weighted by Gasteiger charge is 2.13. The standard InChI is InChI=1S/C23H21ClFN3O3.ClH/c1-2-30-21-10-15(12-26-17-7-8-19-20(11-17)28-23(29)27-19)9-18(24)22(21)31-13-14-3-5-16(25)6-4-14;/h3-11,26H,2,12-13H2,1H3,(H2,27,28,29);1H/p-1. The molecule has 0 atom stereocenters. The molecule has 168 valence electrons. The first-order valence-electron chi connectivity index (χ1n) is 9.80. The van der Waals surface area contributed by atoms with Gasteiger partial charge in [-0.3, -0.25) is 0 Å². The maximum absolute atomic E-state index is 13.1. The van der Waals surface area contributed by atoms with Crippen LogP contribution in [0.4, 0.5) is 10.1 Å². The fourth-order valence-electron chi connectivity index (χ4n) is 3.21. The second-order valence-corrected chi connectivity index (χ2v) is 7.35. The van der Waals surface area contributed by atoms with Crippen LogP contribution in [0.15, 0.2) is 59.4 Å². The molecular weight excluding hydrogens is 456 g/mol. The van der Waals surface area contributed by atoms with Gasteiger partial charge in [0.2, 0.25) is 0 Å². The summed E-state index contributed by atoms with van der Waals surface area (Å²) >= 11 is 6.49. The third-order valence-corrected chi connectivity index (χ3v) is 4.96. The average Bonchev–Trinajstić information content (AvgIpc) is 3.12. The number of fused-ring (bicyclic) bond motifs is 1. The molecule has 4 rings (SSSR count). The molecule has 0 bridgehead atoms. The fourth-order valence-corrected chi connectivity index (χ4v) is 3.50. The first-order valence-corrected chi connectivity index (χ1v) is 10.2. The Balaban J connectivity index is 0.00000289. The predicted molar refractivity (Wildman–Crippen MR) is 120 cm³/mol. The number of benzene rings is 3. The Kier molecular flexibility index (Phi) is 7.66. The summed E-state index contributed by atoms with van der Waals surface area (Å²) in [5.74, 6) is 0.692. The number of nitrogens with one attached hydrogen (secondary N) is 3. The van der Waals surface area contributed by atoms with Gasteiger partial charge in [0, 0.05) is 12.2 Å². The normalized spacial score (nSPS) is 10.6. The van der Waals surface area contributed by atoms with Crippen LogP contribution in [0.5, 0.6) is 11.5 Å². The van der Waals surface area contributed by atoms with Crippen molar-refractivity contribution in [2.75, 3.05) is 11.9 Å². The summed E-state index contributed by atoms with van der Waals surface area (Å²) in [4.78, 5) is 16.9. The molecule has 0 aliphatic heterocycles. The van der Waals surface area contributed by atoms with Gasteiger partial charge in [-0.05, 0) is 60.5 Å². The van der Waals surface area contributed by atoms with E-state index in [1.54, 1.807) is 12.1 Å². The summed E-state index contributed by atoms with van der Waals surface area (Å²) in [6, 6.07) is 15.4. The lowest BCUT2D eigenvalue weighted by Crippen LogP contribution is -3.00. The van der Waals surface area contributed by atoms with Gasteiger partial charge >= 0.3 is 5.69 Å². The van der Waals surface area contributed by atoms with E-state index in [1.807, 2.05) is 37.3 Å². The minimum atomic E-state index is -0.296. The Hall–Kier alpha value is -3.16. The van der Waals surface area contributed by atoms with Crippen LogP contribution >= 0.6 is 11.6 Å². The lowest BCUT2D eigenvalue weighted by atomic mass is 10.2. The van der Waals surface area contributed by atoms with E-state index in [1.165, 1.54) is 12.1 Å². The Labute approximate surface area is 195 Å². The van der Waals surface area contributed by atoms with Crippen LogP contribution in [0.25, 0.3) is 11.0 Å². The number of H-pyrrole nitrogens is 2. The van der Waals surface area contributed by atoms with Crippen molar-refractivity contribution < 1.29 is 26.3 Å². The monoisotopic (exact) mass is 476 g/mol. The molecule has 0 aliphatic carbocycles. The summed E-state index contributed by atoms with van der Waals surface area (Å²) in [6.07, 6.45) is 0. The van der Waals surface area contributed by atoms with Crippen molar-refractivity contribution in [1.29, 1.82) is 0 Å². The molecule has 1 aromatic heterocycles. The molecule has 0 fully saturated rings. The van der Waals surface area contributed by atoms with Gasteiger partial charge in [-0.25, -0.2) is 9.18 Å². The lowest BCUT2D eigenvalue weighted by Gasteiger charge is -2.16. The SMILES string of the molecule is CCOc1cc(CNc2ccc3[nH]c(=O)[nH]c3c2)cc(Cl)c1OCc1ccc(F)cc1.[Cl-]. The fraction of sp³-hybridized carbons (Fsp3) is 0.174. The van der Waals surface area contributed by atoms with Crippen molar-refractivity contribution in [3.63, 3.8) is 0 Å². The minimum absolute atomic E-state index is 0. The number of aromatic amines is 2. The molecule has 6 nitrogen and oxygen atoms in total. The van der Waals surface area contributed by atoms with Crippen molar-refractivity contribution in [3.8, 4) is 11.5 Å². The number of anilines is 1. The third-order valence-electron chi connectivity index (χ3n) is 4.68. The predicted octanol–water partition coefficient (Wildman–Crippen LogP) is 2.24. The molecule has 0 unspecified atom stereocenters. The minimum Gasteiger partial charge on any atom is -1.00 e. The highest BCUT2D eigenvalue weighted by atomic mass is 35.5. The number of imidazole rings is 1. The highest BCUT2D eigenvalue weighted by Crippen LogP contribution is 2.37. The number of aromatic nitrogens is 2. The van der Waals surface area contributed by atoms with Gasteiger partial charge < -0.3 is 37.2 Å². The summed E-state index contributed by atoms with van der Waals surface area (Å²) in [6.45, 7) is 3.08. The molecule has 0 radical (unpaired) electrons. The zero-order valence-corrected chi connectivity index (χ0v) is 18.7. The molecule has 32 heavy (non-hydrogen) atoms. The van der Waals surface area contributed by atoms with Crippen LogP contribution in [0.1, 0.15) is 18.1 Å². The Morgan fingerprint density at radius 2 is 1.72 bits per heavy atom. The molecular formula is C23H21Cl2FN3O3-. The van der Waals surface area contributed by atoms with Crippen molar-refractivity contribution >= 4 is 28.3 Å². The van der Waals surface area contributed by atoms with E-state index in [2.05, 4.69) is 15.3 Å². The van der Waals surface area contributed by atoms with Crippen molar-refractivity contribution in [3.05, 3.63) is 87.0 Å². The first-order chi connectivity index (χ1) is 15.0. The largest absolute Gasteiger partial charge is 1.00 e. The van der Waals surface area contributed by atoms with Gasteiger partial charge in [-0.1, -0.05) is 23.7 Å². The molecule has 3 N–H and O–H groups in total. The van der Waals surface area contributed by atoms with Crippen LogP contribution in [0.2, 0.25) is 5.02 Å². The van der Waals surface area contributed by atoms with E-state index < -0.39 is 0 Å². The molecule has 3 aromatic carbocycles. The zero-order chi connectivity index (χ0) is 21.8. The van der Waals surface area contributed by atoms with E-state index in [0.717, 1.165) is 27.8 Å². The van der Waals surface area contributed by atoms with Gasteiger partial charge in [-0.2, -0.15) is 0 Å². The van der Waals surface area contributed by atoms with E-state index >= 15 is 0 Å². The van der Waals surface area contributed by atoms with Crippen molar-refractivity contribution in [2.45, 2.75) is 20.1 Å². The average molecular weight is 477 g/mol. The van der Waals surface area contributed by atoms with Crippen molar-refractivity contribution in [1.82, 2.24) is 9.97 Å². The van der Waals surface area contributed by atoms with Gasteiger partial charge in [-0.15, -0.1) is 0 Å². The number of ether oxygens (including phenoxy) is 2. The van der Waals surface area contributed by atoms with Crippen molar-refractivity contribution in [2.24, 2.45) is 0 Å². The topological polar surface area (TPSA) is 79.1 Å². The molecule has 0 aliphatic rings. The van der Waals surface area contributed by atoms with Crippen LogP contribution in [-0.2, 0) is 13.2 Å². The molecule has 9 heteroatoms. The zero-order valence-electron chi connectivity index (χ0n) is 17.2. The van der Waals surface area contributed by atoms with Crippen LogP contribution in [0.3, 0.4) is 0 Å². The Bertz CT molecular complexity index is 1260. The molecule has 0 saturated carbocycles. The van der Waals surface area contributed by atoms with E-state index in [9.17, 15) is 9.18 Å². The molecule has 0 saturated heterocycles. The number of hydrogen-bond donors (Lipinski definition) is 3. The van der Waals surface area contributed by atoms with Crippen LogP contribution < -0.4 is 32.9 Å². The van der Waals surface area contributed by atoms with E-state index in [-0.39, 0.29) is 30.5 Å². The summed E-state index contributed by atoms with van der Waals surface area (Å²) in [5, 5.41) is 3.74. The maximum atomic E-state index is 13.1. The second kappa shape index (κ2) is 10.4. The molecule has 0 amide bonds. The number of rotatable bonds is 8. The quantitative estimate of drug-likeness (QED) is 0.364. The Morgan fingerprint density at radius 1 is 0.969 bits per heavy atom. The smallest absolute Gasteiger partial charge is 0.323 e. The van der Waals surface area contributed by atoms with Gasteiger partial charge in [0.1, 0.15) is 12.4 Å². The second-order valence-electron chi connectivity index (χ2n) is 6.95. The summed E-state index contributed by atoms with van der Waals surface area (Å²) in [7, 11) is 0. The lowest BCUT2D eigenvalue weighted by molar-refractivity contribution is -0.00000768. The van der Waals surface area contributed by atoms with Crippen LogP contribution in [0, 0.1) is 5.82 Å². The van der Waals surface area contributed by atoms with Gasteiger partial charge in [0.15, 0.2) is 11.5 Å². The van der Waals surface area contributed by atoms with E-state index in [4.69, 9.17) is 21.1 Å².